The van der Waals surface area contributed by atoms with E-state index in [4.69, 9.17) is 10.5 Å². The van der Waals surface area contributed by atoms with Gasteiger partial charge in [0.25, 0.3) is 0 Å². The van der Waals surface area contributed by atoms with E-state index in [0.717, 1.165) is 56.7 Å². The lowest BCUT2D eigenvalue weighted by Gasteiger charge is -2.32. The summed E-state index contributed by atoms with van der Waals surface area (Å²) in [6.07, 6.45) is 2.93. The van der Waals surface area contributed by atoms with Crippen molar-refractivity contribution in [2.24, 2.45) is 5.73 Å². The number of carbonyl (C=O) groups is 1. The number of nitrogens with two attached hydrogens (primary N) is 1. The van der Waals surface area contributed by atoms with E-state index in [0.29, 0.717) is 5.92 Å². The Morgan fingerprint density at radius 3 is 2.63 bits per heavy atom. The molecular weight excluding hydrogens is 338 g/mol. The highest BCUT2D eigenvalue weighted by Crippen LogP contribution is 2.29. The maximum Gasteiger partial charge on any atom is 0.411 e. The van der Waals surface area contributed by atoms with Crippen molar-refractivity contribution in [3.05, 3.63) is 65.7 Å². The zero-order valence-corrected chi connectivity index (χ0v) is 15.8. The summed E-state index contributed by atoms with van der Waals surface area (Å²) in [6.45, 7) is 4.35. The molecule has 5 heteroatoms. The Hall–Kier alpha value is -2.37. The number of nitrogens with zero attached hydrogens (tertiary/aromatic N) is 1. The van der Waals surface area contributed by atoms with Gasteiger partial charge in [-0.3, -0.25) is 5.32 Å². The number of piperidine rings is 1. The second-order valence-corrected chi connectivity index (χ2v) is 7.07. The largest absolute Gasteiger partial charge is 0.444 e. The monoisotopic (exact) mass is 367 g/mol. The lowest BCUT2D eigenvalue weighted by Crippen LogP contribution is -2.34. The Bertz CT molecular complexity index is 713. The Labute approximate surface area is 161 Å². The highest BCUT2D eigenvalue weighted by Gasteiger charge is 2.20. The van der Waals surface area contributed by atoms with E-state index in [-0.39, 0.29) is 6.61 Å². The number of hydrogen-bond acceptors (Lipinski definition) is 4. The van der Waals surface area contributed by atoms with Crippen molar-refractivity contribution in [2.45, 2.75) is 31.8 Å². The van der Waals surface area contributed by atoms with Crippen molar-refractivity contribution in [3.63, 3.8) is 0 Å². The molecule has 0 unspecified atom stereocenters. The minimum atomic E-state index is -0.424. The van der Waals surface area contributed by atoms with Crippen molar-refractivity contribution >= 4 is 11.8 Å². The molecular formula is C22H29N3O2. The van der Waals surface area contributed by atoms with Crippen LogP contribution < -0.4 is 11.1 Å². The predicted octanol–water partition coefficient (Wildman–Crippen LogP) is 3.96. The number of carbonyl (C=O) groups excluding carboxylic acids is 1. The quantitative estimate of drug-likeness (QED) is 0.777. The molecule has 2 aromatic carbocycles. The van der Waals surface area contributed by atoms with Gasteiger partial charge in [-0.25, -0.2) is 4.79 Å². The molecule has 1 aliphatic rings. The molecule has 0 radical (unpaired) electrons. The summed E-state index contributed by atoms with van der Waals surface area (Å²) in [5, 5.41) is 2.84. The van der Waals surface area contributed by atoms with Gasteiger partial charge >= 0.3 is 6.09 Å². The van der Waals surface area contributed by atoms with Gasteiger partial charge in [0.1, 0.15) is 6.61 Å². The molecule has 0 aliphatic carbocycles. The standard InChI is InChI=1S/C22H29N3O2/c23-12-5-13-25-14-10-19(11-15-25)20-8-4-9-21(16-20)24-22(26)27-17-18-6-2-1-3-7-18/h1-4,6-9,16,19H,5,10-15,17,23H2,(H,24,26). The SMILES string of the molecule is NCCCN1CCC(c2cccc(NC(=O)OCc3ccccc3)c2)CC1. The number of rotatable bonds is 7. The lowest BCUT2D eigenvalue weighted by molar-refractivity contribution is 0.155. The molecule has 0 bridgehead atoms. The van der Waals surface area contributed by atoms with Crippen LogP contribution in [0.5, 0.6) is 0 Å². The summed E-state index contributed by atoms with van der Waals surface area (Å²) in [5.74, 6) is 0.543. The zero-order valence-electron chi connectivity index (χ0n) is 15.8. The van der Waals surface area contributed by atoms with Crippen molar-refractivity contribution in [2.75, 3.05) is 31.5 Å². The average Bonchev–Trinajstić information content (AvgIpc) is 2.72. The van der Waals surface area contributed by atoms with Gasteiger partial charge in [-0.2, -0.15) is 0 Å². The van der Waals surface area contributed by atoms with Crippen molar-refractivity contribution in [1.82, 2.24) is 4.90 Å². The fourth-order valence-electron chi connectivity index (χ4n) is 3.55. The topological polar surface area (TPSA) is 67.6 Å². The number of hydrogen-bond donors (Lipinski definition) is 2. The van der Waals surface area contributed by atoms with Gasteiger partial charge in [-0.05, 0) is 74.6 Å². The first-order chi connectivity index (χ1) is 13.2. The van der Waals surface area contributed by atoms with Crippen LogP contribution in [0, 0.1) is 0 Å². The zero-order chi connectivity index (χ0) is 18.9. The molecule has 5 nitrogen and oxygen atoms in total. The van der Waals surface area contributed by atoms with Gasteiger partial charge in [0.2, 0.25) is 0 Å². The molecule has 27 heavy (non-hydrogen) atoms. The van der Waals surface area contributed by atoms with Crippen LogP contribution in [0.25, 0.3) is 0 Å². The summed E-state index contributed by atoms with van der Waals surface area (Å²) in [5.41, 5.74) is 8.65. The number of ether oxygens (including phenoxy) is 1. The van der Waals surface area contributed by atoms with E-state index in [1.165, 1.54) is 5.56 Å². The fraction of sp³-hybridized carbons (Fsp3) is 0.409. The maximum absolute atomic E-state index is 12.1. The molecule has 144 valence electrons. The second kappa shape index (κ2) is 10.1. The summed E-state index contributed by atoms with van der Waals surface area (Å²) in [4.78, 5) is 14.6. The van der Waals surface area contributed by atoms with E-state index in [1.807, 2.05) is 42.5 Å². The maximum atomic E-state index is 12.1. The number of anilines is 1. The van der Waals surface area contributed by atoms with Crippen LogP contribution >= 0.6 is 0 Å². The van der Waals surface area contributed by atoms with Gasteiger partial charge in [0.15, 0.2) is 0 Å². The lowest BCUT2D eigenvalue weighted by atomic mass is 9.89. The van der Waals surface area contributed by atoms with E-state index < -0.39 is 6.09 Å². The van der Waals surface area contributed by atoms with E-state index in [9.17, 15) is 4.79 Å². The highest BCUT2D eigenvalue weighted by molar-refractivity contribution is 5.84. The van der Waals surface area contributed by atoms with Gasteiger partial charge < -0.3 is 15.4 Å². The Kier molecular flexibility index (Phi) is 7.25. The van der Waals surface area contributed by atoms with Gasteiger partial charge in [0.05, 0.1) is 0 Å². The molecule has 0 spiro atoms. The van der Waals surface area contributed by atoms with Crippen LogP contribution in [0.15, 0.2) is 54.6 Å². The van der Waals surface area contributed by atoms with E-state index >= 15 is 0 Å². The average molecular weight is 367 g/mol. The van der Waals surface area contributed by atoms with Crippen LogP contribution in [0.2, 0.25) is 0 Å². The second-order valence-electron chi connectivity index (χ2n) is 7.07. The number of benzene rings is 2. The first-order valence-corrected chi connectivity index (χ1v) is 9.74. The molecule has 2 aromatic rings. The molecule has 0 aromatic heterocycles. The third-order valence-corrected chi connectivity index (χ3v) is 5.08. The third-order valence-electron chi connectivity index (χ3n) is 5.08. The predicted molar refractivity (Wildman–Crippen MR) is 109 cm³/mol. The van der Waals surface area contributed by atoms with Crippen LogP contribution in [-0.2, 0) is 11.3 Å². The molecule has 3 rings (SSSR count). The van der Waals surface area contributed by atoms with Crippen LogP contribution in [0.3, 0.4) is 0 Å². The highest BCUT2D eigenvalue weighted by atomic mass is 16.5. The van der Waals surface area contributed by atoms with E-state index in [1.54, 1.807) is 0 Å². The molecule has 1 heterocycles. The van der Waals surface area contributed by atoms with Crippen LogP contribution in [0.4, 0.5) is 10.5 Å². The van der Waals surface area contributed by atoms with Crippen LogP contribution in [0.1, 0.15) is 36.3 Å². The summed E-state index contributed by atoms with van der Waals surface area (Å²) in [7, 11) is 0. The molecule has 1 saturated heterocycles. The Balaban J connectivity index is 1.49. The molecule has 3 N–H and O–H groups in total. The fourth-order valence-corrected chi connectivity index (χ4v) is 3.55. The first-order valence-electron chi connectivity index (χ1n) is 9.74. The van der Waals surface area contributed by atoms with Crippen molar-refractivity contribution in [1.29, 1.82) is 0 Å². The van der Waals surface area contributed by atoms with Crippen molar-refractivity contribution < 1.29 is 9.53 Å². The minimum Gasteiger partial charge on any atom is -0.444 e. The Morgan fingerprint density at radius 2 is 1.89 bits per heavy atom. The van der Waals surface area contributed by atoms with Gasteiger partial charge in [0, 0.05) is 5.69 Å². The van der Waals surface area contributed by atoms with Crippen LogP contribution in [-0.4, -0.2) is 37.2 Å². The number of nitrogens with one attached hydrogen (secondary N) is 1. The third kappa shape index (κ3) is 6.08. The summed E-state index contributed by atoms with van der Waals surface area (Å²) < 4.78 is 5.30. The normalized spacial score (nSPS) is 15.4. The smallest absolute Gasteiger partial charge is 0.411 e. The summed E-state index contributed by atoms with van der Waals surface area (Å²) >= 11 is 0. The van der Waals surface area contributed by atoms with Gasteiger partial charge in [-0.15, -0.1) is 0 Å². The molecule has 1 aliphatic heterocycles. The molecule has 1 fully saturated rings. The number of amides is 1. The Morgan fingerprint density at radius 1 is 1.11 bits per heavy atom. The number of likely N-dealkylation sites (tertiary alicyclic amines) is 1. The molecule has 0 atom stereocenters. The van der Waals surface area contributed by atoms with Crippen molar-refractivity contribution in [3.8, 4) is 0 Å². The molecule has 1 amide bonds. The van der Waals surface area contributed by atoms with Gasteiger partial charge in [-0.1, -0.05) is 42.5 Å². The summed E-state index contributed by atoms with van der Waals surface area (Å²) in [6, 6.07) is 17.8. The molecule has 0 saturated carbocycles. The minimum absolute atomic E-state index is 0.271. The van der Waals surface area contributed by atoms with E-state index in [2.05, 4.69) is 22.3 Å². The first kappa shape index (κ1) is 19.4.